The van der Waals surface area contributed by atoms with E-state index in [1.54, 1.807) is 0 Å². The van der Waals surface area contributed by atoms with Gasteiger partial charge in [0, 0.05) is 11.8 Å². The Labute approximate surface area is 143 Å². The highest BCUT2D eigenvalue weighted by atomic mass is 28.2. The van der Waals surface area contributed by atoms with Crippen molar-refractivity contribution in [2.45, 2.75) is 50.5 Å². The summed E-state index contributed by atoms with van der Waals surface area (Å²) in [7, 11) is 0.794. The molecule has 3 rings (SSSR count). The molecule has 0 spiro atoms. The summed E-state index contributed by atoms with van der Waals surface area (Å²) in [6, 6.07) is 22.0. The maximum Gasteiger partial charge on any atom is 0.146 e. The average Bonchev–Trinajstić information content (AvgIpc) is 2.60. The molecule has 1 fully saturated rings. The van der Waals surface area contributed by atoms with Gasteiger partial charge in [0.1, 0.15) is 10.5 Å². The molecule has 2 aromatic rings. The van der Waals surface area contributed by atoms with Gasteiger partial charge in [-0.15, -0.1) is 0 Å². The molecule has 0 radical (unpaired) electrons. The Morgan fingerprint density at radius 3 is 1.78 bits per heavy atom. The van der Waals surface area contributed by atoms with Crippen LogP contribution in [0.3, 0.4) is 0 Å². The predicted octanol–water partition coefficient (Wildman–Crippen LogP) is 4.43. The minimum atomic E-state index is -0.00957. The van der Waals surface area contributed by atoms with Gasteiger partial charge in [-0.2, -0.15) is 0 Å². The Hall–Kier alpha value is -1.38. The molecular formula is C21H28OSi. The van der Waals surface area contributed by atoms with Crippen molar-refractivity contribution < 1.29 is 4.43 Å². The average molecular weight is 325 g/mol. The van der Waals surface area contributed by atoms with Crippen LogP contribution < -0.4 is 0 Å². The molecule has 2 atom stereocenters. The lowest BCUT2D eigenvalue weighted by Crippen LogP contribution is -2.59. The Morgan fingerprint density at radius 1 is 0.913 bits per heavy atom. The Morgan fingerprint density at radius 2 is 1.39 bits per heavy atom. The monoisotopic (exact) mass is 324 g/mol. The summed E-state index contributed by atoms with van der Waals surface area (Å²) < 4.78 is 6.42. The van der Waals surface area contributed by atoms with Crippen molar-refractivity contribution >= 4 is 10.5 Å². The number of benzene rings is 2. The van der Waals surface area contributed by atoms with Crippen molar-refractivity contribution in [3.05, 3.63) is 71.8 Å². The SMILES string of the molecule is CCCCC1(O[SiH3])C(c2ccccc2)C(C)C1c1ccccc1. The van der Waals surface area contributed by atoms with Crippen LogP contribution in [0.4, 0.5) is 0 Å². The first-order valence-corrected chi connectivity index (χ1v) is 9.71. The third kappa shape index (κ3) is 2.79. The van der Waals surface area contributed by atoms with Gasteiger partial charge >= 0.3 is 0 Å². The molecule has 2 heteroatoms. The van der Waals surface area contributed by atoms with E-state index in [9.17, 15) is 0 Å². The Bertz CT molecular complexity index is 563. The van der Waals surface area contributed by atoms with Crippen LogP contribution in [0, 0.1) is 5.92 Å². The molecule has 2 unspecified atom stereocenters. The molecule has 0 aromatic heterocycles. The first-order chi connectivity index (χ1) is 11.2. The summed E-state index contributed by atoms with van der Waals surface area (Å²) in [6.45, 7) is 4.68. The fraction of sp³-hybridized carbons (Fsp3) is 0.429. The zero-order chi connectivity index (χ0) is 16.3. The molecule has 0 amide bonds. The lowest BCUT2D eigenvalue weighted by Gasteiger charge is -2.61. The van der Waals surface area contributed by atoms with Crippen molar-refractivity contribution in [1.82, 2.24) is 0 Å². The number of unbranched alkanes of at least 4 members (excludes halogenated alkanes) is 1. The van der Waals surface area contributed by atoms with Gasteiger partial charge in [0.15, 0.2) is 0 Å². The summed E-state index contributed by atoms with van der Waals surface area (Å²) in [5.41, 5.74) is 2.88. The fourth-order valence-electron chi connectivity index (χ4n) is 4.77. The van der Waals surface area contributed by atoms with E-state index in [0.29, 0.717) is 17.8 Å². The van der Waals surface area contributed by atoms with E-state index in [2.05, 4.69) is 74.5 Å². The molecule has 0 N–H and O–H groups in total. The lowest BCUT2D eigenvalue weighted by molar-refractivity contribution is -0.102. The molecule has 0 aliphatic heterocycles. The van der Waals surface area contributed by atoms with Gasteiger partial charge in [-0.1, -0.05) is 87.4 Å². The van der Waals surface area contributed by atoms with E-state index in [4.69, 9.17) is 4.43 Å². The van der Waals surface area contributed by atoms with E-state index >= 15 is 0 Å². The molecule has 1 aliphatic carbocycles. The molecule has 1 nitrogen and oxygen atoms in total. The summed E-state index contributed by atoms with van der Waals surface area (Å²) in [6.07, 6.45) is 3.63. The van der Waals surface area contributed by atoms with E-state index in [0.717, 1.165) is 16.9 Å². The van der Waals surface area contributed by atoms with Crippen molar-refractivity contribution in [2.75, 3.05) is 0 Å². The van der Waals surface area contributed by atoms with Gasteiger partial charge < -0.3 is 4.43 Å². The van der Waals surface area contributed by atoms with Crippen LogP contribution in [0.5, 0.6) is 0 Å². The Balaban J connectivity index is 2.00. The van der Waals surface area contributed by atoms with Crippen molar-refractivity contribution in [1.29, 1.82) is 0 Å². The van der Waals surface area contributed by atoms with Crippen LogP contribution in [0.15, 0.2) is 60.7 Å². The third-order valence-corrected chi connectivity index (χ3v) is 6.48. The smallest absolute Gasteiger partial charge is 0.146 e. The molecule has 23 heavy (non-hydrogen) atoms. The number of hydrogen-bond acceptors (Lipinski definition) is 1. The van der Waals surface area contributed by atoms with Gasteiger partial charge in [0.05, 0.1) is 5.60 Å². The molecule has 0 heterocycles. The van der Waals surface area contributed by atoms with Gasteiger partial charge in [-0.25, -0.2) is 0 Å². The zero-order valence-electron chi connectivity index (χ0n) is 14.5. The maximum atomic E-state index is 6.42. The van der Waals surface area contributed by atoms with E-state index in [1.165, 1.54) is 24.0 Å². The van der Waals surface area contributed by atoms with Crippen LogP contribution in [0.2, 0.25) is 0 Å². The fourth-order valence-corrected chi connectivity index (χ4v) is 5.48. The largest absolute Gasteiger partial charge is 0.421 e. The first kappa shape index (κ1) is 16.5. The van der Waals surface area contributed by atoms with E-state index in [-0.39, 0.29) is 5.60 Å². The normalized spacial score (nSPS) is 30.1. The maximum absolute atomic E-state index is 6.42. The minimum absolute atomic E-state index is 0.00957. The topological polar surface area (TPSA) is 9.23 Å². The van der Waals surface area contributed by atoms with Crippen LogP contribution >= 0.6 is 0 Å². The highest BCUT2D eigenvalue weighted by molar-refractivity contribution is 5.98. The molecule has 2 aromatic carbocycles. The molecule has 1 saturated carbocycles. The van der Waals surface area contributed by atoms with Gasteiger partial charge in [-0.3, -0.25) is 0 Å². The second kappa shape index (κ2) is 7.02. The predicted molar refractivity (Wildman–Crippen MR) is 101 cm³/mol. The Kier molecular flexibility index (Phi) is 5.03. The second-order valence-corrected chi connectivity index (χ2v) is 7.31. The molecule has 1 aliphatic rings. The van der Waals surface area contributed by atoms with E-state index in [1.807, 2.05) is 0 Å². The molecule has 122 valence electrons. The summed E-state index contributed by atoms with van der Waals surface area (Å²) in [5.74, 6) is 1.64. The van der Waals surface area contributed by atoms with Crippen molar-refractivity contribution in [3.8, 4) is 0 Å². The summed E-state index contributed by atoms with van der Waals surface area (Å²) in [5, 5.41) is 0. The van der Waals surface area contributed by atoms with E-state index < -0.39 is 0 Å². The van der Waals surface area contributed by atoms with Crippen molar-refractivity contribution in [2.24, 2.45) is 5.92 Å². The van der Waals surface area contributed by atoms with Gasteiger partial charge in [0.2, 0.25) is 0 Å². The van der Waals surface area contributed by atoms with Crippen LogP contribution in [0.25, 0.3) is 0 Å². The molecular weight excluding hydrogens is 296 g/mol. The van der Waals surface area contributed by atoms with Gasteiger partial charge in [-0.05, 0) is 23.5 Å². The summed E-state index contributed by atoms with van der Waals surface area (Å²) in [4.78, 5) is 0. The standard InChI is InChI=1S/C21H28OSi/c1-3-4-15-21(22-23)19(17-11-7-5-8-12-17)16(2)20(21)18-13-9-6-10-14-18/h5-14,16,19-20H,3-4,15H2,1-2,23H3. The molecule has 0 saturated heterocycles. The molecule has 0 bridgehead atoms. The highest BCUT2D eigenvalue weighted by Gasteiger charge is 2.60. The van der Waals surface area contributed by atoms with Crippen LogP contribution in [-0.4, -0.2) is 16.1 Å². The quantitative estimate of drug-likeness (QED) is 0.714. The lowest BCUT2D eigenvalue weighted by atomic mass is 9.49. The third-order valence-electron chi connectivity index (χ3n) is 5.72. The van der Waals surface area contributed by atoms with Crippen molar-refractivity contribution in [3.63, 3.8) is 0 Å². The second-order valence-electron chi connectivity index (χ2n) is 6.90. The zero-order valence-corrected chi connectivity index (χ0v) is 16.5. The minimum Gasteiger partial charge on any atom is -0.421 e. The number of rotatable bonds is 6. The number of hydrogen-bond donors (Lipinski definition) is 0. The van der Waals surface area contributed by atoms with Gasteiger partial charge in [0.25, 0.3) is 0 Å². The first-order valence-electron chi connectivity index (χ1n) is 8.89. The van der Waals surface area contributed by atoms with Crippen LogP contribution in [0.1, 0.15) is 56.1 Å². The highest BCUT2D eigenvalue weighted by Crippen LogP contribution is 2.63. The van der Waals surface area contributed by atoms with Crippen LogP contribution in [-0.2, 0) is 4.43 Å². The summed E-state index contributed by atoms with van der Waals surface area (Å²) >= 11 is 0.